The van der Waals surface area contributed by atoms with E-state index in [1.54, 1.807) is 25.1 Å². The van der Waals surface area contributed by atoms with Crippen LogP contribution in [0.15, 0.2) is 59.8 Å². The molecule has 2 heterocycles. The standard InChI is InChI=1S/C24H20N4O8S/c1-14-4-5-15(9-18(14)28(32)33)26-21(29)11-34-24(31)17-3-2-8-25-23(17)37-12-22(30)27-16-6-7-19-20(10-16)36-13-35-19/h2-10H,11-13H2,1H3,(H,26,29)(H,27,30). The van der Waals surface area contributed by atoms with Gasteiger partial charge in [-0.1, -0.05) is 17.8 Å². The molecule has 0 fully saturated rings. The number of fused-ring (bicyclic) bond motifs is 1. The summed E-state index contributed by atoms with van der Waals surface area (Å²) in [6.07, 6.45) is 1.46. The Bertz CT molecular complexity index is 1380. The zero-order valence-corrected chi connectivity index (χ0v) is 20.2. The van der Waals surface area contributed by atoms with Gasteiger partial charge >= 0.3 is 5.97 Å². The van der Waals surface area contributed by atoms with Crippen molar-refractivity contribution in [1.82, 2.24) is 4.98 Å². The molecule has 1 aromatic heterocycles. The van der Waals surface area contributed by atoms with Gasteiger partial charge in [0.2, 0.25) is 12.7 Å². The Morgan fingerprint density at radius 1 is 1.05 bits per heavy atom. The van der Waals surface area contributed by atoms with E-state index in [1.165, 1.54) is 36.5 Å². The molecule has 0 aliphatic carbocycles. The zero-order chi connectivity index (χ0) is 26.4. The van der Waals surface area contributed by atoms with Crippen LogP contribution in [0, 0.1) is 17.0 Å². The van der Waals surface area contributed by atoms with Gasteiger partial charge in [-0.05, 0) is 37.3 Å². The van der Waals surface area contributed by atoms with Gasteiger partial charge in [0.15, 0.2) is 18.1 Å². The molecule has 0 spiro atoms. The van der Waals surface area contributed by atoms with Crippen LogP contribution < -0.4 is 20.1 Å². The van der Waals surface area contributed by atoms with Gasteiger partial charge in [-0.25, -0.2) is 9.78 Å². The van der Waals surface area contributed by atoms with Gasteiger partial charge in [0.1, 0.15) is 5.03 Å². The highest BCUT2D eigenvalue weighted by atomic mass is 32.2. The summed E-state index contributed by atoms with van der Waals surface area (Å²) in [5, 5.41) is 16.5. The van der Waals surface area contributed by atoms with Crippen LogP contribution >= 0.6 is 11.8 Å². The third-order valence-corrected chi connectivity index (χ3v) is 6.02. The average Bonchev–Trinajstić information content (AvgIpc) is 3.35. The minimum Gasteiger partial charge on any atom is -0.454 e. The maximum absolute atomic E-state index is 12.6. The third kappa shape index (κ3) is 6.52. The quantitative estimate of drug-likeness (QED) is 0.183. The number of rotatable bonds is 9. The van der Waals surface area contributed by atoms with Crippen LogP contribution in [0.1, 0.15) is 15.9 Å². The summed E-state index contributed by atoms with van der Waals surface area (Å²) in [6.45, 7) is 1.08. The van der Waals surface area contributed by atoms with E-state index in [-0.39, 0.29) is 40.4 Å². The number of hydrogen-bond acceptors (Lipinski definition) is 10. The van der Waals surface area contributed by atoms with E-state index in [4.69, 9.17) is 14.2 Å². The fraction of sp³-hybridized carbons (Fsp3) is 0.167. The largest absolute Gasteiger partial charge is 0.454 e. The number of nitro groups is 1. The van der Waals surface area contributed by atoms with Crippen molar-refractivity contribution < 1.29 is 33.5 Å². The number of hydrogen-bond donors (Lipinski definition) is 2. The second-order valence-electron chi connectivity index (χ2n) is 7.64. The lowest BCUT2D eigenvalue weighted by Crippen LogP contribution is -2.21. The molecule has 0 radical (unpaired) electrons. The van der Waals surface area contributed by atoms with Crippen molar-refractivity contribution in [3.8, 4) is 11.5 Å². The molecular formula is C24H20N4O8S. The number of carbonyl (C=O) groups excluding carboxylic acids is 3. The summed E-state index contributed by atoms with van der Waals surface area (Å²) in [5.41, 5.74) is 1.11. The van der Waals surface area contributed by atoms with Crippen molar-refractivity contribution in [2.75, 3.05) is 29.8 Å². The first-order chi connectivity index (χ1) is 17.8. The number of carbonyl (C=O) groups is 3. The first-order valence-corrected chi connectivity index (χ1v) is 11.8. The predicted octanol–water partition coefficient (Wildman–Crippen LogP) is 3.55. The minimum absolute atomic E-state index is 0.0432. The molecule has 2 amide bonds. The van der Waals surface area contributed by atoms with Crippen molar-refractivity contribution in [2.24, 2.45) is 0 Å². The topological polar surface area (TPSA) is 159 Å². The molecule has 0 unspecified atom stereocenters. The highest BCUT2D eigenvalue weighted by molar-refractivity contribution is 8.00. The molecular weight excluding hydrogens is 504 g/mol. The summed E-state index contributed by atoms with van der Waals surface area (Å²) in [5.74, 6) is -0.731. The molecule has 190 valence electrons. The highest BCUT2D eigenvalue weighted by Crippen LogP contribution is 2.34. The van der Waals surface area contributed by atoms with Gasteiger partial charge in [0.25, 0.3) is 11.6 Å². The number of pyridine rings is 1. The number of aromatic nitrogens is 1. The minimum atomic E-state index is -0.809. The van der Waals surface area contributed by atoms with E-state index in [1.807, 2.05) is 0 Å². The smallest absolute Gasteiger partial charge is 0.341 e. The fourth-order valence-corrected chi connectivity index (χ4v) is 4.04. The van der Waals surface area contributed by atoms with Crippen LogP contribution in [-0.4, -0.2) is 46.8 Å². The Kier molecular flexibility index (Phi) is 7.83. The van der Waals surface area contributed by atoms with Crippen LogP contribution in [0.25, 0.3) is 0 Å². The molecule has 1 aliphatic heterocycles. The van der Waals surface area contributed by atoms with E-state index >= 15 is 0 Å². The van der Waals surface area contributed by atoms with Crippen molar-refractivity contribution >= 4 is 46.6 Å². The van der Waals surface area contributed by atoms with E-state index < -0.39 is 23.4 Å². The second-order valence-corrected chi connectivity index (χ2v) is 8.61. The molecule has 1 aliphatic rings. The molecule has 2 aromatic carbocycles. The number of benzene rings is 2. The number of ether oxygens (including phenoxy) is 3. The van der Waals surface area contributed by atoms with Crippen LogP contribution in [-0.2, 0) is 14.3 Å². The molecule has 0 saturated heterocycles. The lowest BCUT2D eigenvalue weighted by Gasteiger charge is -2.10. The summed E-state index contributed by atoms with van der Waals surface area (Å²) >= 11 is 1.03. The third-order valence-electron chi connectivity index (χ3n) is 5.01. The van der Waals surface area contributed by atoms with Crippen molar-refractivity contribution in [3.05, 3.63) is 76.0 Å². The van der Waals surface area contributed by atoms with Gasteiger partial charge in [0.05, 0.1) is 16.2 Å². The van der Waals surface area contributed by atoms with E-state index in [2.05, 4.69) is 15.6 Å². The first-order valence-electron chi connectivity index (χ1n) is 10.8. The van der Waals surface area contributed by atoms with Crippen molar-refractivity contribution in [3.63, 3.8) is 0 Å². The van der Waals surface area contributed by atoms with Gasteiger partial charge in [0, 0.05) is 35.3 Å². The molecule has 13 heteroatoms. The second kappa shape index (κ2) is 11.4. The molecule has 37 heavy (non-hydrogen) atoms. The summed E-state index contributed by atoms with van der Waals surface area (Å²) < 4.78 is 15.6. The SMILES string of the molecule is Cc1ccc(NC(=O)COC(=O)c2cccnc2SCC(=O)Nc2ccc3c(c2)OCO3)cc1[N+](=O)[O-]. The molecule has 3 aromatic rings. The highest BCUT2D eigenvalue weighted by Gasteiger charge is 2.19. The number of nitrogens with one attached hydrogen (secondary N) is 2. The molecule has 0 saturated carbocycles. The molecule has 0 atom stereocenters. The number of esters is 1. The number of aryl methyl sites for hydroxylation is 1. The molecule has 12 nitrogen and oxygen atoms in total. The average molecular weight is 525 g/mol. The maximum atomic E-state index is 12.6. The number of thioether (sulfide) groups is 1. The molecule has 0 bridgehead atoms. The van der Waals surface area contributed by atoms with Crippen LogP contribution in [0.5, 0.6) is 11.5 Å². The predicted molar refractivity (Wildman–Crippen MR) is 133 cm³/mol. The van der Waals surface area contributed by atoms with Gasteiger partial charge in [-0.2, -0.15) is 0 Å². The van der Waals surface area contributed by atoms with E-state index in [0.29, 0.717) is 22.7 Å². The van der Waals surface area contributed by atoms with Gasteiger partial charge in [-0.15, -0.1) is 0 Å². The lowest BCUT2D eigenvalue weighted by molar-refractivity contribution is -0.385. The van der Waals surface area contributed by atoms with Gasteiger partial charge < -0.3 is 24.8 Å². The van der Waals surface area contributed by atoms with Crippen LogP contribution in [0.2, 0.25) is 0 Å². The van der Waals surface area contributed by atoms with Crippen molar-refractivity contribution in [1.29, 1.82) is 0 Å². The Morgan fingerprint density at radius 3 is 2.59 bits per heavy atom. The Balaban J connectivity index is 1.30. The molecule has 4 rings (SSSR count). The Labute approximate surface area is 214 Å². The number of nitro benzene ring substituents is 1. The maximum Gasteiger partial charge on any atom is 0.341 e. The number of anilines is 2. The lowest BCUT2D eigenvalue weighted by atomic mass is 10.2. The van der Waals surface area contributed by atoms with E-state index in [0.717, 1.165) is 11.8 Å². The monoisotopic (exact) mass is 524 g/mol. The van der Waals surface area contributed by atoms with Gasteiger partial charge in [-0.3, -0.25) is 19.7 Å². The molecule has 2 N–H and O–H groups in total. The normalized spacial score (nSPS) is 11.5. The number of nitrogens with zero attached hydrogens (tertiary/aromatic N) is 2. The Hall–Kier alpha value is -4.65. The summed E-state index contributed by atoms with van der Waals surface area (Å²) in [4.78, 5) is 51.8. The van der Waals surface area contributed by atoms with Crippen LogP contribution in [0.3, 0.4) is 0 Å². The summed E-state index contributed by atoms with van der Waals surface area (Å²) in [7, 11) is 0. The first kappa shape index (κ1) is 25.4. The summed E-state index contributed by atoms with van der Waals surface area (Å²) in [6, 6.07) is 12.2. The van der Waals surface area contributed by atoms with Crippen molar-refractivity contribution in [2.45, 2.75) is 11.9 Å². The number of amides is 2. The Morgan fingerprint density at radius 2 is 1.78 bits per heavy atom. The zero-order valence-electron chi connectivity index (χ0n) is 19.4. The van der Waals surface area contributed by atoms with Crippen LogP contribution in [0.4, 0.5) is 17.1 Å². The fourth-order valence-electron chi connectivity index (χ4n) is 3.26. The van der Waals surface area contributed by atoms with E-state index in [9.17, 15) is 24.5 Å².